The van der Waals surface area contributed by atoms with Crippen molar-refractivity contribution in [1.82, 2.24) is 4.90 Å². The number of hydrogen-bond acceptors (Lipinski definition) is 3. The zero-order valence-corrected chi connectivity index (χ0v) is 13.5. The van der Waals surface area contributed by atoms with Gasteiger partial charge >= 0.3 is 0 Å². The number of hydrogen-bond donors (Lipinski definition) is 0. The van der Waals surface area contributed by atoms with Crippen LogP contribution in [-0.4, -0.2) is 36.9 Å². The molecule has 0 aromatic heterocycles. The Morgan fingerprint density at radius 1 is 1.38 bits per heavy atom. The molecule has 21 heavy (non-hydrogen) atoms. The van der Waals surface area contributed by atoms with Crippen LogP contribution in [0.25, 0.3) is 0 Å². The van der Waals surface area contributed by atoms with Crippen LogP contribution in [-0.2, 0) is 6.42 Å². The fourth-order valence-corrected chi connectivity index (χ4v) is 3.05. The number of aryl methyl sites for hydroxylation is 1. The molecular weight excluding hydrogens is 262 g/mol. The molecule has 0 amide bonds. The summed E-state index contributed by atoms with van der Waals surface area (Å²) < 4.78 is 5.60. The van der Waals surface area contributed by atoms with Gasteiger partial charge in [0.15, 0.2) is 5.78 Å². The second-order valence-corrected chi connectivity index (χ2v) is 6.01. The molecule has 1 saturated heterocycles. The molecule has 1 aromatic rings. The summed E-state index contributed by atoms with van der Waals surface area (Å²) in [4.78, 5) is 14.8. The molecule has 1 aliphatic heterocycles. The standard InChI is InChI=1S/C18H27NO2/c1-4-15-11-16(8-9-18(15)21-5-2)17(20)13-19-10-6-7-14(3)12-19/h8-9,11,14H,4-7,10,12-13H2,1-3H3. The number of rotatable bonds is 6. The molecule has 3 nitrogen and oxygen atoms in total. The van der Waals surface area contributed by atoms with E-state index >= 15 is 0 Å². The van der Waals surface area contributed by atoms with E-state index in [-0.39, 0.29) is 5.78 Å². The largest absolute Gasteiger partial charge is 0.494 e. The molecule has 1 heterocycles. The molecule has 0 aliphatic carbocycles. The molecule has 1 aliphatic rings. The summed E-state index contributed by atoms with van der Waals surface area (Å²) >= 11 is 0. The Morgan fingerprint density at radius 3 is 2.86 bits per heavy atom. The highest BCUT2D eigenvalue weighted by Gasteiger charge is 2.19. The summed E-state index contributed by atoms with van der Waals surface area (Å²) in [5.41, 5.74) is 1.93. The van der Waals surface area contributed by atoms with Crippen LogP contribution in [0, 0.1) is 5.92 Å². The van der Waals surface area contributed by atoms with E-state index in [1.54, 1.807) is 0 Å². The minimum Gasteiger partial charge on any atom is -0.494 e. The van der Waals surface area contributed by atoms with Crippen molar-refractivity contribution in [3.05, 3.63) is 29.3 Å². The van der Waals surface area contributed by atoms with Gasteiger partial charge in [-0.3, -0.25) is 9.69 Å². The monoisotopic (exact) mass is 289 g/mol. The van der Waals surface area contributed by atoms with Gasteiger partial charge in [0.05, 0.1) is 13.2 Å². The van der Waals surface area contributed by atoms with Crippen LogP contribution in [0.3, 0.4) is 0 Å². The lowest BCUT2D eigenvalue weighted by Gasteiger charge is -2.30. The summed E-state index contributed by atoms with van der Waals surface area (Å²) in [5, 5.41) is 0. The molecule has 1 atom stereocenters. The SMILES string of the molecule is CCOc1ccc(C(=O)CN2CCCC(C)C2)cc1CC. The van der Waals surface area contributed by atoms with Gasteiger partial charge in [0.25, 0.3) is 0 Å². The second-order valence-electron chi connectivity index (χ2n) is 6.01. The first-order valence-electron chi connectivity index (χ1n) is 8.15. The van der Waals surface area contributed by atoms with Gasteiger partial charge in [-0.05, 0) is 62.4 Å². The van der Waals surface area contributed by atoms with Gasteiger partial charge in [-0.25, -0.2) is 0 Å². The zero-order valence-electron chi connectivity index (χ0n) is 13.5. The van der Waals surface area contributed by atoms with E-state index in [9.17, 15) is 4.79 Å². The molecule has 2 rings (SSSR count). The summed E-state index contributed by atoms with van der Waals surface area (Å²) in [5.74, 6) is 1.84. The van der Waals surface area contributed by atoms with Gasteiger partial charge in [-0.1, -0.05) is 13.8 Å². The van der Waals surface area contributed by atoms with Gasteiger partial charge in [0.1, 0.15) is 5.75 Å². The third kappa shape index (κ3) is 4.31. The quantitative estimate of drug-likeness (QED) is 0.750. The van der Waals surface area contributed by atoms with E-state index in [0.29, 0.717) is 19.1 Å². The molecule has 1 fully saturated rings. The van der Waals surface area contributed by atoms with Crippen LogP contribution >= 0.6 is 0 Å². The van der Waals surface area contributed by atoms with E-state index in [2.05, 4.69) is 18.7 Å². The van der Waals surface area contributed by atoms with Crippen molar-refractivity contribution in [2.45, 2.75) is 40.0 Å². The van der Waals surface area contributed by atoms with E-state index < -0.39 is 0 Å². The first-order valence-corrected chi connectivity index (χ1v) is 8.15. The highest BCUT2D eigenvalue weighted by molar-refractivity contribution is 5.98. The van der Waals surface area contributed by atoms with E-state index in [0.717, 1.165) is 36.4 Å². The lowest BCUT2D eigenvalue weighted by Crippen LogP contribution is -2.38. The van der Waals surface area contributed by atoms with Crippen LogP contribution in [0.15, 0.2) is 18.2 Å². The van der Waals surface area contributed by atoms with Crippen LogP contribution in [0.5, 0.6) is 5.75 Å². The predicted molar refractivity (Wildman–Crippen MR) is 86.2 cm³/mol. The van der Waals surface area contributed by atoms with Crippen molar-refractivity contribution in [2.24, 2.45) is 5.92 Å². The number of ether oxygens (including phenoxy) is 1. The molecule has 3 heteroatoms. The summed E-state index contributed by atoms with van der Waals surface area (Å²) in [6.07, 6.45) is 3.38. The summed E-state index contributed by atoms with van der Waals surface area (Å²) in [7, 11) is 0. The van der Waals surface area contributed by atoms with Gasteiger partial charge < -0.3 is 4.74 Å². The number of ketones is 1. The number of carbonyl (C=O) groups is 1. The third-order valence-electron chi connectivity index (χ3n) is 4.17. The van der Waals surface area contributed by atoms with Crippen molar-refractivity contribution < 1.29 is 9.53 Å². The Balaban J connectivity index is 2.04. The first-order chi connectivity index (χ1) is 10.1. The third-order valence-corrected chi connectivity index (χ3v) is 4.17. The van der Waals surface area contributed by atoms with E-state index in [1.807, 2.05) is 25.1 Å². The van der Waals surface area contributed by atoms with Crippen molar-refractivity contribution in [3.63, 3.8) is 0 Å². The van der Waals surface area contributed by atoms with Crippen molar-refractivity contribution in [3.8, 4) is 5.75 Å². The summed E-state index contributed by atoms with van der Waals surface area (Å²) in [6, 6.07) is 5.84. The Bertz CT molecular complexity index is 484. The molecular formula is C18H27NO2. The fraction of sp³-hybridized carbons (Fsp3) is 0.611. The second kappa shape index (κ2) is 7.60. The molecule has 0 N–H and O–H groups in total. The molecule has 1 aromatic carbocycles. The minimum absolute atomic E-state index is 0.224. The molecule has 0 spiro atoms. The minimum atomic E-state index is 0.224. The molecule has 0 bridgehead atoms. The number of carbonyl (C=O) groups excluding carboxylic acids is 1. The average molecular weight is 289 g/mol. The highest BCUT2D eigenvalue weighted by Crippen LogP contribution is 2.22. The lowest BCUT2D eigenvalue weighted by molar-refractivity contribution is 0.0893. The fourth-order valence-electron chi connectivity index (χ4n) is 3.05. The topological polar surface area (TPSA) is 29.5 Å². The van der Waals surface area contributed by atoms with Crippen LogP contribution in [0.4, 0.5) is 0 Å². The smallest absolute Gasteiger partial charge is 0.176 e. The van der Waals surface area contributed by atoms with Crippen molar-refractivity contribution in [2.75, 3.05) is 26.2 Å². The molecule has 116 valence electrons. The number of likely N-dealkylation sites (tertiary alicyclic amines) is 1. The van der Waals surface area contributed by atoms with E-state index in [1.165, 1.54) is 12.8 Å². The molecule has 0 radical (unpaired) electrons. The van der Waals surface area contributed by atoms with Crippen LogP contribution < -0.4 is 4.74 Å². The Labute approximate surface area is 128 Å². The highest BCUT2D eigenvalue weighted by atomic mass is 16.5. The van der Waals surface area contributed by atoms with Crippen LogP contribution in [0.2, 0.25) is 0 Å². The number of benzene rings is 1. The van der Waals surface area contributed by atoms with Crippen molar-refractivity contribution >= 4 is 5.78 Å². The Hall–Kier alpha value is -1.35. The van der Waals surface area contributed by atoms with Gasteiger partial charge in [-0.2, -0.15) is 0 Å². The van der Waals surface area contributed by atoms with Gasteiger partial charge in [0.2, 0.25) is 0 Å². The maximum Gasteiger partial charge on any atom is 0.176 e. The number of piperidine rings is 1. The number of Topliss-reactive ketones (excluding diaryl/α,β-unsaturated/α-hetero) is 1. The molecule has 0 saturated carbocycles. The normalized spacial score (nSPS) is 19.5. The summed E-state index contributed by atoms with van der Waals surface area (Å²) in [6.45, 7) is 9.64. The van der Waals surface area contributed by atoms with E-state index in [4.69, 9.17) is 4.74 Å². The van der Waals surface area contributed by atoms with Gasteiger partial charge in [0, 0.05) is 12.1 Å². The lowest BCUT2D eigenvalue weighted by atomic mass is 9.99. The average Bonchev–Trinajstić information content (AvgIpc) is 2.48. The Kier molecular flexibility index (Phi) is 5.80. The van der Waals surface area contributed by atoms with Crippen LogP contribution in [0.1, 0.15) is 49.5 Å². The predicted octanol–water partition coefficient (Wildman–Crippen LogP) is 3.56. The van der Waals surface area contributed by atoms with Crippen molar-refractivity contribution in [1.29, 1.82) is 0 Å². The Morgan fingerprint density at radius 2 is 2.19 bits per heavy atom. The maximum atomic E-state index is 12.5. The number of nitrogens with zero attached hydrogens (tertiary/aromatic N) is 1. The molecule has 1 unspecified atom stereocenters. The first kappa shape index (κ1) is 16.0. The van der Waals surface area contributed by atoms with Gasteiger partial charge in [-0.15, -0.1) is 0 Å². The zero-order chi connectivity index (χ0) is 15.2. The maximum absolute atomic E-state index is 12.5.